The van der Waals surface area contributed by atoms with Gasteiger partial charge in [-0.1, -0.05) is 0 Å². The van der Waals surface area contributed by atoms with Crippen molar-refractivity contribution in [1.29, 1.82) is 0 Å². The molecule has 0 saturated carbocycles. The molecule has 5 heteroatoms. The maximum atomic E-state index is 11.1. The second-order valence-electron chi connectivity index (χ2n) is 1.91. The Bertz CT molecular complexity index is 236. The van der Waals surface area contributed by atoms with Crippen molar-refractivity contribution in [2.24, 2.45) is 4.99 Å². The van der Waals surface area contributed by atoms with Crippen molar-refractivity contribution in [2.75, 3.05) is 12.9 Å². The minimum Gasteiger partial charge on any atom is -0.462 e. The van der Waals surface area contributed by atoms with E-state index in [1.165, 1.54) is 18.0 Å². The van der Waals surface area contributed by atoms with Crippen LogP contribution in [0.1, 0.15) is 6.92 Å². The van der Waals surface area contributed by atoms with Crippen LogP contribution in [0, 0.1) is 0 Å². The Morgan fingerprint density at radius 1 is 1.62 bits per heavy atom. The molecule has 0 aromatic rings. The minimum atomic E-state index is -0.470. The normalized spacial score (nSPS) is 11.7. The molecule has 1 amide bonds. The fraction of sp³-hybridized carbons (Fsp3) is 0.375. The van der Waals surface area contributed by atoms with E-state index in [2.05, 4.69) is 4.99 Å². The molecule has 0 aliphatic rings. The van der Waals surface area contributed by atoms with Gasteiger partial charge in [0.1, 0.15) is 0 Å². The molecule has 0 radical (unpaired) electrons. The monoisotopic (exact) mass is 201 g/mol. The van der Waals surface area contributed by atoms with Gasteiger partial charge in [-0.05, 0) is 18.6 Å². The van der Waals surface area contributed by atoms with Gasteiger partial charge in [0.05, 0.1) is 12.2 Å². The molecule has 0 saturated heterocycles. The number of rotatable bonds is 5. The largest absolute Gasteiger partial charge is 0.462 e. The average Bonchev–Trinajstić information content (AvgIpc) is 2.12. The molecule has 0 bridgehead atoms. The van der Waals surface area contributed by atoms with Crippen LogP contribution >= 0.6 is 11.8 Å². The van der Waals surface area contributed by atoms with Crippen molar-refractivity contribution < 1.29 is 14.3 Å². The van der Waals surface area contributed by atoms with Crippen LogP contribution in [-0.4, -0.2) is 31.5 Å². The van der Waals surface area contributed by atoms with Gasteiger partial charge in [0.25, 0.3) is 0 Å². The Morgan fingerprint density at radius 2 is 2.31 bits per heavy atom. The predicted molar refractivity (Wildman–Crippen MR) is 52.8 cm³/mol. The van der Waals surface area contributed by atoms with Gasteiger partial charge in [-0.25, -0.2) is 9.79 Å². The third-order valence-corrected chi connectivity index (χ3v) is 1.52. The Kier molecular flexibility index (Phi) is 6.91. The molecular weight excluding hydrogens is 190 g/mol. The van der Waals surface area contributed by atoms with E-state index in [4.69, 9.17) is 4.74 Å². The second-order valence-corrected chi connectivity index (χ2v) is 2.62. The second kappa shape index (κ2) is 7.54. The lowest BCUT2D eigenvalue weighted by Gasteiger charge is -1.99. The van der Waals surface area contributed by atoms with Crippen LogP contribution in [0.25, 0.3) is 0 Å². The van der Waals surface area contributed by atoms with Crippen LogP contribution in [0.2, 0.25) is 0 Å². The quantitative estimate of drug-likeness (QED) is 0.288. The van der Waals surface area contributed by atoms with Gasteiger partial charge in [0.2, 0.25) is 6.41 Å². The third-order valence-electron chi connectivity index (χ3n) is 1.03. The molecule has 0 fully saturated rings. The summed E-state index contributed by atoms with van der Waals surface area (Å²) < 4.78 is 4.73. The van der Waals surface area contributed by atoms with Crippen molar-refractivity contribution >= 4 is 30.4 Å². The summed E-state index contributed by atoms with van der Waals surface area (Å²) in [5.74, 6) is -0.470. The number of hydrogen-bond acceptors (Lipinski definition) is 4. The van der Waals surface area contributed by atoms with Crippen molar-refractivity contribution in [3.05, 3.63) is 11.0 Å². The average molecular weight is 201 g/mol. The highest BCUT2D eigenvalue weighted by Gasteiger charge is 2.06. The van der Waals surface area contributed by atoms with Gasteiger partial charge in [-0.3, -0.25) is 4.79 Å². The van der Waals surface area contributed by atoms with Crippen molar-refractivity contribution in [1.82, 2.24) is 0 Å². The molecule has 0 N–H and O–H groups in total. The lowest BCUT2D eigenvalue weighted by atomic mass is 10.3. The number of hydrogen-bond donors (Lipinski definition) is 0. The number of carbonyl (C=O) groups is 2. The molecule has 0 rings (SSSR count). The van der Waals surface area contributed by atoms with E-state index in [9.17, 15) is 9.59 Å². The molecular formula is C8H11NO3S. The Hall–Kier alpha value is -1.10. The van der Waals surface area contributed by atoms with Crippen LogP contribution in [0.5, 0.6) is 0 Å². The summed E-state index contributed by atoms with van der Waals surface area (Å²) >= 11 is 1.34. The first-order chi connectivity index (χ1) is 6.26. The van der Waals surface area contributed by atoms with Crippen molar-refractivity contribution in [3.8, 4) is 0 Å². The zero-order valence-corrected chi connectivity index (χ0v) is 8.34. The Labute approximate surface area is 81.1 Å². The van der Waals surface area contributed by atoms with Crippen LogP contribution < -0.4 is 0 Å². The van der Waals surface area contributed by atoms with E-state index in [0.29, 0.717) is 13.0 Å². The summed E-state index contributed by atoms with van der Waals surface area (Å²) in [7, 11) is 0. The zero-order chi connectivity index (χ0) is 10.1. The summed E-state index contributed by atoms with van der Waals surface area (Å²) in [4.78, 5) is 24.3. The summed E-state index contributed by atoms with van der Waals surface area (Å²) in [6, 6.07) is 0. The fourth-order valence-electron chi connectivity index (χ4n) is 0.583. The molecule has 0 atom stereocenters. The summed E-state index contributed by atoms with van der Waals surface area (Å²) in [5, 5.41) is 1.57. The Morgan fingerprint density at radius 3 is 2.77 bits per heavy atom. The highest BCUT2D eigenvalue weighted by atomic mass is 32.2. The molecule has 0 unspecified atom stereocenters. The molecule has 0 spiro atoms. The zero-order valence-electron chi connectivity index (χ0n) is 7.52. The summed E-state index contributed by atoms with van der Waals surface area (Å²) in [6.45, 7) is 2.02. The topological polar surface area (TPSA) is 55.7 Å². The molecule has 0 heterocycles. The van der Waals surface area contributed by atoms with Crippen molar-refractivity contribution in [3.63, 3.8) is 0 Å². The van der Waals surface area contributed by atoms with Crippen molar-refractivity contribution in [2.45, 2.75) is 6.92 Å². The number of esters is 1. The lowest BCUT2D eigenvalue weighted by Crippen LogP contribution is -2.08. The highest BCUT2D eigenvalue weighted by molar-refractivity contribution is 8.01. The number of amides is 1. The Balaban J connectivity index is 4.41. The maximum absolute atomic E-state index is 11.1. The smallest absolute Gasteiger partial charge is 0.340 e. The van der Waals surface area contributed by atoms with Crippen LogP contribution in [0.4, 0.5) is 0 Å². The SMILES string of the molecule is CCOC(=O)C(C=NC=O)=CSC. The van der Waals surface area contributed by atoms with Crippen LogP contribution in [0.15, 0.2) is 16.0 Å². The summed E-state index contributed by atoms with van der Waals surface area (Å²) in [5.41, 5.74) is 0.279. The molecule has 4 nitrogen and oxygen atoms in total. The molecule has 0 aliphatic carbocycles. The van der Waals surface area contributed by atoms with Gasteiger partial charge in [0.15, 0.2) is 0 Å². The van der Waals surface area contributed by atoms with Gasteiger partial charge >= 0.3 is 5.97 Å². The van der Waals surface area contributed by atoms with Crippen LogP contribution in [0.3, 0.4) is 0 Å². The highest BCUT2D eigenvalue weighted by Crippen LogP contribution is 2.03. The van der Waals surface area contributed by atoms with Gasteiger partial charge in [-0.15, -0.1) is 11.8 Å². The van der Waals surface area contributed by atoms with E-state index >= 15 is 0 Å². The van der Waals surface area contributed by atoms with Gasteiger partial charge in [0, 0.05) is 6.21 Å². The number of ether oxygens (including phenoxy) is 1. The standard InChI is InChI=1S/C8H11NO3S/c1-3-12-8(11)7(5-13-2)4-9-6-10/h4-6H,3H2,1-2H3. The van der Waals surface area contributed by atoms with Gasteiger partial charge < -0.3 is 4.74 Å². The number of nitrogens with zero attached hydrogens (tertiary/aromatic N) is 1. The number of thioether (sulfide) groups is 1. The number of aliphatic imine (C=N–C) groups is 1. The fourth-order valence-corrected chi connectivity index (χ4v) is 0.994. The lowest BCUT2D eigenvalue weighted by molar-refractivity contribution is -0.137. The summed E-state index contributed by atoms with van der Waals surface area (Å²) in [6.07, 6.45) is 3.35. The molecule has 0 aromatic heterocycles. The van der Waals surface area contributed by atoms with E-state index in [1.807, 2.05) is 0 Å². The molecule has 0 aliphatic heterocycles. The molecule has 13 heavy (non-hydrogen) atoms. The third kappa shape index (κ3) is 5.19. The molecule has 0 aromatic carbocycles. The van der Waals surface area contributed by atoms with E-state index in [1.54, 1.807) is 18.6 Å². The van der Waals surface area contributed by atoms with Crippen LogP contribution in [-0.2, 0) is 14.3 Å². The number of carbonyl (C=O) groups excluding carboxylic acids is 2. The first kappa shape index (κ1) is 11.9. The van der Waals surface area contributed by atoms with E-state index in [-0.39, 0.29) is 5.57 Å². The van der Waals surface area contributed by atoms with Gasteiger partial charge in [-0.2, -0.15) is 0 Å². The molecule has 72 valence electrons. The maximum Gasteiger partial charge on any atom is 0.340 e. The minimum absolute atomic E-state index is 0.279. The first-order valence-electron chi connectivity index (χ1n) is 3.63. The predicted octanol–water partition coefficient (Wildman–Crippen LogP) is 1.02. The first-order valence-corrected chi connectivity index (χ1v) is 4.92. The van der Waals surface area contributed by atoms with E-state index in [0.717, 1.165) is 0 Å². The van der Waals surface area contributed by atoms with E-state index < -0.39 is 5.97 Å².